The van der Waals surface area contributed by atoms with Crippen molar-refractivity contribution in [3.63, 3.8) is 0 Å². The molecule has 4 rings (SSSR count). The Morgan fingerprint density at radius 1 is 1.00 bits per heavy atom. The minimum atomic E-state index is -0.875. The molecule has 3 saturated heterocycles. The Morgan fingerprint density at radius 3 is 2.13 bits per heavy atom. The number of quaternary nitrogens is 2. The molecular weight excluding hydrogens is 386 g/mol. The van der Waals surface area contributed by atoms with E-state index in [0.717, 1.165) is 37.5 Å². The van der Waals surface area contributed by atoms with Gasteiger partial charge in [-0.25, -0.2) is 4.90 Å². The van der Waals surface area contributed by atoms with Gasteiger partial charge >= 0.3 is 0 Å². The van der Waals surface area contributed by atoms with Crippen LogP contribution in [0, 0.1) is 5.92 Å². The molecule has 8 nitrogen and oxygen atoms in total. The van der Waals surface area contributed by atoms with Crippen molar-refractivity contribution < 1.29 is 33.6 Å². The molecule has 0 bridgehead atoms. The highest BCUT2D eigenvalue weighted by Crippen LogP contribution is 2.40. The molecule has 164 valence electrons. The summed E-state index contributed by atoms with van der Waals surface area (Å²) in [5.41, 5.74) is -0.000740. The molecule has 0 aromatic heterocycles. The summed E-state index contributed by atoms with van der Waals surface area (Å²) < 4.78 is 16.2. The van der Waals surface area contributed by atoms with E-state index in [4.69, 9.17) is 14.2 Å². The second kappa shape index (κ2) is 9.01. The number of rotatable bonds is 6. The van der Waals surface area contributed by atoms with Gasteiger partial charge in [0.25, 0.3) is 0 Å². The topological polar surface area (TPSA) is 74.0 Å². The number of amides is 2. The highest BCUT2D eigenvalue weighted by Gasteiger charge is 2.59. The Kier molecular flexibility index (Phi) is 6.38. The minimum absolute atomic E-state index is 0.0451. The van der Waals surface area contributed by atoms with Gasteiger partial charge in [-0.1, -0.05) is 12.1 Å². The number of morpholine rings is 2. The van der Waals surface area contributed by atoms with E-state index in [0.29, 0.717) is 39.6 Å². The second-order valence-corrected chi connectivity index (χ2v) is 8.64. The van der Waals surface area contributed by atoms with E-state index in [-0.39, 0.29) is 17.7 Å². The van der Waals surface area contributed by atoms with Crippen LogP contribution < -0.4 is 14.5 Å². The molecule has 0 unspecified atom stereocenters. The maximum absolute atomic E-state index is 13.7. The van der Waals surface area contributed by atoms with Crippen LogP contribution in [0.1, 0.15) is 12.5 Å². The number of imide groups is 1. The fraction of sp³-hybridized carbons (Fsp3) is 0.636. The maximum Gasteiger partial charge on any atom is 0.245 e. The van der Waals surface area contributed by atoms with Gasteiger partial charge in [0.1, 0.15) is 37.8 Å². The predicted molar refractivity (Wildman–Crippen MR) is 108 cm³/mol. The SMILES string of the molecule is COc1ccc([C@@]2(C)C(=O)N(C[NH+]3CCOCC3)C(=O)[C@H]2C[NH+]2CCOCC2)cc1. The smallest absolute Gasteiger partial charge is 0.245 e. The van der Waals surface area contributed by atoms with Gasteiger partial charge in [-0.05, 0) is 24.6 Å². The molecule has 2 atom stereocenters. The molecule has 8 heteroatoms. The minimum Gasteiger partial charge on any atom is -0.497 e. The molecule has 3 fully saturated rings. The zero-order chi connectivity index (χ0) is 21.1. The van der Waals surface area contributed by atoms with Gasteiger partial charge in [0, 0.05) is 0 Å². The molecule has 3 aliphatic heterocycles. The van der Waals surface area contributed by atoms with Crippen molar-refractivity contribution in [2.45, 2.75) is 12.3 Å². The van der Waals surface area contributed by atoms with Crippen molar-refractivity contribution in [1.82, 2.24) is 4.90 Å². The number of likely N-dealkylation sites (tertiary alicyclic amines) is 1. The largest absolute Gasteiger partial charge is 0.497 e. The first-order valence-corrected chi connectivity index (χ1v) is 10.9. The number of benzene rings is 1. The van der Waals surface area contributed by atoms with Crippen LogP contribution in [0.25, 0.3) is 0 Å². The maximum atomic E-state index is 13.7. The van der Waals surface area contributed by atoms with Crippen LogP contribution in [0.2, 0.25) is 0 Å². The first-order chi connectivity index (χ1) is 14.5. The predicted octanol–water partition coefficient (Wildman–Crippen LogP) is -2.27. The number of carbonyl (C=O) groups is 2. The summed E-state index contributed by atoms with van der Waals surface area (Å²) in [6.45, 7) is 9.10. The van der Waals surface area contributed by atoms with Gasteiger partial charge in [0.05, 0.1) is 45.5 Å². The average Bonchev–Trinajstić information content (AvgIpc) is 2.97. The first kappa shape index (κ1) is 21.2. The third-order valence-corrected chi connectivity index (χ3v) is 6.91. The van der Waals surface area contributed by atoms with Crippen LogP contribution >= 0.6 is 0 Å². The number of nitrogens with zero attached hydrogens (tertiary/aromatic N) is 1. The van der Waals surface area contributed by atoms with E-state index in [2.05, 4.69) is 0 Å². The summed E-state index contributed by atoms with van der Waals surface area (Å²) in [6.07, 6.45) is 0. The van der Waals surface area contributed by atoms with E-state index in [9.17, 15) is 9.59 Å². The summed E-state index contributed by atoms with van der Waals surface area (Å²) in [6, 6.07) is 7.59. The van der Waals surface area contributed by atoms with Crippen molar-refractivity contribution in [2.75, 3.05) is 72.9 Å². The standard InChI is InChI=1S/C22H31N3O5/c1-22(17-3-5-18(28-2)6-4-17)19(15-23-7-11-29-12-8-23)20(26)25(21(22)27)16-24-9-13-30-14-10-24/h3-6,19H,7-16H2,1-2H3/p+2/t19-,22-/m1/s1. The Labute approximate surface area is 177 Å². The summed E-state index contributed by atoms with van der Waals surface area (Å²) in [5, 5.41) is 0. The van der Waals surface area contributed by atoms with Crippen molar-refractivity contribution >= 4 is 11.8 Å². The van der Waals surface area contributed by atoms with E-state index >= 15 is 0 Å². The lowest BCUT2D eigenvalue weighted by atomic mass is 9.73. The average molecular weight is 420 g/mol. The highest BCUT2D eigenvalue weighted by atomic mass is 16.5. The van der Waals surface area contributed by atoms with Crippen LogP contribution in [0.3, 0.4) is 0 Å². The Balaban J connectivity index is 1.63. The molecule has 2 N–H and O–H groups in total. The number of methoxy groups -OCH3 is 1. The summed E-state index contributed by atoms with van der Waals surface area (Å²) in [7, 11) is 1.62. The molecule has 0 spiro atoms. The van der Waals surface area contributed by atoms with Crippen LogP contribution in [0.5, 0.6) is 5.75 Å². The quantitative estimate of drug-likeness (QED) is 0.509. The lowest BCUT2D eigenvalue weighted by Gasteiger charge is -2.32. The van der Waals surface area contributed by atoms with E-state index in [1.165, 1.54) is 14.7 Å². The Hall–Kier alpha value is -2.00. The monoisotopic (exact) mass is 419 g/mol. The van der Waals surface area contributed by atoms with Gasteiger partial charge in [-0.3, -0.25) is 9.59 Å². The molecular formula is C22H33N3O5+2. The molecule has 3 aliphatic rings. The van der Waals surface area contributed by atoms with Crippen LogP contribution in [-0.2, 0) is 24.5 Å². The molecule has 3 heterocycles. The molecule has 0 aliphatic carbocycles. The first-order valence-electron chi connectivity index (χ1n) is 10.9. The lowest BCUT2D eigenvalue weighted by Crippen LogP contribution is -3.15. The Bertz CT molecular complexity index is 759. The highest BCUT2D eigenvalue weighted by molar-refractivity contribution is 6.10. The zero-order valence-corrected chi connectivity index (χ0v) is 17.9. The van der Waals surface area contributed by atoms with Crippen LogP contribution in [0.15, 0.2) is 24.3 Å². The lowest BCUT2D eigenvalue weighted by molar-refractivity contribution is -0.915. The number of hydrogen-bond donors (Lipinski definition) is 2. The van der Waals surface area contributed by atoms with Crippen molar-refractivity contribution in [3.05, 3.63) is 29.8 Å². The summed E-state index contributed by atoms with van der Waals surface area (Å²) in [4.78, 5) is 31.3. The fourth-order valence-corrected chi connectivity index (χ4v) is 4.86. The normalized spacial score (nSPS) is 28.9. The molecule has 0 radical (unpaired) electrons. The van der Waals surface area contributed by atoms with E-state index < -0.39 is 5.41 Å². The summed E-state index contributed by atoms with van der Waals surface area (Å²) >= 11 is 0. The van der Waals surface area contributed by atoms with Gasteiger partial charge in [0.15, 0.2) is 6.67 Å². The molecule has 1 aromatic rings. The molecule has 0 saturated carbocycles. The molecule has 1 aromatic carbocycles. The van der Waals surface area contributed by atoms with Crippen molar-refractivity contribution in [1.29, 1.82) is 0 Å². The van der Waals surface area contributed by atoms with Gasteiger partial charge < -0.3 is 24.0 Å². The molecule has 30 heavy (non-hydrogen) atoms. The zero-order valence-electron chi connectivity index (χ0n) is 17.9. The van der Waals surface area contributed by atoms with Gasteiger partial charge in [-0.2, -0.15) is 0 Å². The van der Waals surface area contributed by atoms with E-state index in [1.54, 1.807) is 7.11 Å². The number of nitrogens with one attached hydrogen (secondary N) is 2. The van der Waals surface area contributed by atoms with E-state index in [1.807, 2.05) is 31.2 Å². The Morgan fingerprint density at radius 2 is 1.57 bits per heavy atom. The van der Waals surface area contributed by atoms with Crippen LogP contribution in [0.4, 0.5) is 0 Å². The number of hydrogen-bond acceptors (Lipinski definition) is 5. The molecule has 2 amide bonds. The number of ether oxygens (including phenoxy) is 3. The van der Waals surface area contributed by atoms with Gasteiger partial charge in [-0.15, -0.1) is 0 Å². The third-order valence-electron chi connectivity index (χ3n) is 6.91. The van der Waals surface area contributed by atoms with Crippen LogP contribution in [-0.4, -0.2) is 89.6 Å². The van der Waals surface area contributed by atoms with Gasteiger partial charge in [0.2, 0.25) is 11.8 Å². The second-order valence-electron chi connectivity index (χ2n) is 8.64. The fourth-order valence-electron chi connectivity index (χ4n) is 4.86. The van der Waals surface area contributed by atoms with Crippen molar-refractivity contribution in [3.8, 4) is 5.75 Å². The summed E-state index contributed by atoms with van der Waals surface area (Å²) in [5.74, 6) is 0.224. The van der Waals surface area contributed by atoms with Crippen molar-refractivity contribution in [2.24, 2.45) is 5.92 Å². The number of carbonyl (C=O) groups excluding carboxylic acids is 2. The third kappa shape index (κ3) is 3.97.